The molecule has 1 amide bonds. The first-order chi connectivity index (χ1) is 8.61. The lowest BCUT2D eigenvalue weighted by Crippen LogP contribution is -2.30. The van der Waals surface area contributed by atoms with Crippen LogP contribution < -0.4 is 5.73 Å². The lowest BCUT2D eigenvalue weighted by atomic mass is 10.3. The molecule has 0 atom stereocenters. The van der Waals surface area contributed by atoms with Crippen molar-refractivity contribution in [3.63, 3.8) is 0 Å². The van der Waals surface area contributed by atoms with E-state index in [0.29, 0.717) is 28.8 Å². The van der Waals surface area contributed by atoms with Crippen LogP contribution in [0.1, 0.15) is 28.0 Å². The van der Waals surface area contributed by atoms with Crippen molar-refractivity contribution in [2.24, 2.45) is 0 Å². The second kappa shape index (κ2) is 5.22. The van der Waals surface area contributed by atoms with Gasteiger partial charge in [0.2, 0.25) is 0 Å². The Morgan fingerprint density at radius 2 is 2.39 bits per heavy atom. The number of furan rings is 1. The zero-order chi connectivity index (χ0) is 13.1. The van der Waals surface area contributed by atoms with Crippen LogP contribution in [0.5, 0.6) is 0 Å². The lowest BCUT2D eigenvalue weighted by Gasteiger charge is -2.18. The average Bonchev–Trinajstić information content (AvgIpc) is 2.95. The SMILES string of the molecule is CCN(Cc1ccco1)C(=O)c1sc(N)nc1C. The van der Waals surface area contributed by atoms with Gasteiger partial charge in [-0.25, -0.2) is 4.98 Å². The molecule has 0 saturated carbocycles. The minimum Gasteiger partial charge on any atom is -0.467 e. The molecule has 0 bridgehead atoms. The predicted octanol–water partition coefficient (Wildman–Crippen LogP) is 2.29. The second-order valence-electron chi connectivity index (χ2n) is 3.87. The Kier molecular flexibility index (Phi) is 3.66. The topological polar surface area (TPSA) is 72.4 Å². The number of nitrogens with zero attached hydrogens (tertiary/aromatic N) is 2. The fourth-order valence-corrected chi connectivity index (χ4v) is 2.48. The summed E-state index contributed by atoms with van der Waals surface area (Å²) in [4.78, 5) is 18.7. The van der Waals surface area contributed by atoms with Crippen LogP contribution >= 0.6 is 11.3 Å². The summed E-state index contributed by atoms with van der Waals surface area (Å²) >= 11 is 1.22. The van der Waals surface area contributed by atoms with E-state index in [4.69, 9.17) is 10.2 Å². The number of thiazole rings is 1. The van der Waals surface area contributed by atoms with Crippen LogP contribution in [0.25, 0.3) is 0 Å². The molecule has 96 valence electrons. The summed E-state index contributed by atoms with van der Waals surface area (Å²) in [5.74, 6) is 0.709. The van der Waals surface area contributed by atoms with Gasteiger partial charge in [0, 0.05) is 6.54 Å². The van der Waals surface area contributed by atoms with Crippen molar-refractivity contribution in [1.82, 2.24) is 9.88 Å². The van der Waals surface area contributed by atoms with Crippen molar-refractivity contribution < 1.29 is 9.21 Å². The molecule has 0 spiro atoms. The summed E-state index contributed by atoms with van der Waals surface area (Å²) in [6, 6.07) is 3.66. The van der Waals surface area contributed by atoms with Crippen molar-refractivity contribution in [2.75, 3.05) is 12.3 Å². The van der Waals surface area contributed by atoms with Crippen molar-refractivity contribution >= 4 is 22.4 Å². The maximum Gasteiger partial charge on any atom is 0.266 e. The summed E-state index contributed by atoms with van der Waals surface area (Å²) in [5.41, 5.74) is 6.29. The smallest absolute Gasteiger partial charge is 0.266 e. The molecule has 2 N–H and O–H groups in total. The van der Waals surface area contributed by atoms with Crippen LogP contribution in [0.15, 0.2) is 22.8 Å². The summed E-state index contributed by atoms with van der Waals surface area (Å²) in [7, 11) is 0. The van der Waals surface area contributed by atoms with Gasteiger partial charge in [-0.1, -0.05) is 11.3 Å². The molecule has 0 aromatic carbocycles. The standard InChI is InChI=1S/C12H15N3O2S/c1-3-15(7-9-5-4-6-17-9)11(16)10-8(2)14-12(13)18-10/h4-6H,3,7H2,1-2H3,(H2,13,14). The number of rotatable bonds is 4. The maximum atomic E-state index is 12.3. The number of hydrogen-bond acceptors (Lipinski definition) is 5. The molecule has 2 rings (SSSR count). The fraction of sp³-hybridized carbons (Fsp3) is 0.333. The number of amides is 1. The van der Waals surface area contributed by atoms with Crippen LogP contribution in [0.3, 0.4) is 0 Å². The van der Waals surface area contributed by atoms with Gasteiger partial charge >= 0.3 is 0 Å². The zero-order valence-electron chi connectivity index (χ0n) is 10.3. The summed E-state index contributed by atoms with van der Waals surface area (Å²) in [6.45, 7) is 4.79. The van der Waals surface area contributed by atoms with Gasteiger partial charge in [-0.2, -0.15) is 0 Å². The van der Waals surface area contributed by atoms with Gasteiger partial charge in [0.25, 0.3) is 5.91 Å². The molecule has 2 aromatic heterocycles. The molecule has 0 saturated heterocycles. The Morgan fingerprint density at radius 1 is 1.61 bits per heavy atom. The first-order valence-corrected chi connectivity index (χ1v) is 6.48. The maximum absolute atomic E-state index is 12.3. The molecule has 2 aromatic rings. The van der Waals surface area contributed by atoms with Gasteiger partial charge < -0.3 is 15.1 Å². The van der Waals surface area contributed by atoms with E-state index in [-0.39, 0.29) is 5.91 Å². The van der Waals surface area contributed by atoms with Crippen LogP contribution in [0.4, 0.5) is 5.13 Å². The molecule has 0 aliphatic carbocycles. The van der Waals surface area contributed by atoms with E-state index in [2.05, 4.69) is 4.98 Å². The highest BCUT2D eigenvalue weighted by Crippen LogP contribution is 2.22. The highest BCUT2D eigenvalue weighted by molar-refractivity contribution is 7.17. The number of anilines is 1. The van der Waals surface area contributed by atoms with E-state index in [1.165, 1.54) is 11.3 Å². The fourth-order valence-electron chi connectivity index (χ4n) is 1.68. The van der Waals surface area contributed by atoms with E-state index < -0.39 is 0 Å². The van der Waals surface area contributed by atoms with E-state index in [1.54, 1.807) is 18.1 Å². The molecule has 18 heavy (non-hydrogen) atoms. The highest BCUT2D eigenvalue weighted by atomic mass is 32.1. The Labute approximate surface area is 109 Å². The largest absolute Gasteiger partial charge is 0.467 e. The van der Waals surface area contributed by atoms with Crippen LogP contribution in [0, 0.1) is 6.92 Å². The third-order valence-corrected chi connectivity index (χ3v) is 3.58. The Hall–Kier alpha value is -1.82. The quantitative estimate of drug-likeness (QED) is 0.920. The van der Waals surface area contributed by atoms with Crippen LogP contribution in [-0.2, 0) is 6.54 Å². The third kappa shape index (κ3) is 2.53. The molecule has 0 aliphatic heterocycles. The molecule has 2 heterocycles. The number of nitrogen functional groups attached to an aromatic ring is 1. The van der Waals surface area contributed by atoms with E-state index in [1.807, 2.05) is 19.1 Å². The van der Waals surface area contributed by atoms with Gasteiger partial charge in [0.05, 0.1) is 18.5 Å². The van der Waals surface area contributed by atoms with E-state index >= 15 is 0 Å². The first-order valence-electron chi connectivity index (χ1n) is 5.66. The van der Waals surface area contributed by atoms with E-state index in [0.717, 1.165) is 5.76 Å². The highest BCUT2D eigenvalue weighted by Gasteiger charge is 2.20. The van der Waals surface area contributed by atoms with Gasteiger partial charge in [-0.15, -0.1) is 0 Å². The molecule has 0 radical (unpaired) electrons. The molecule has 5 nitrogen and oxygen atoms in total. The van der Waals surface area contributed by atoms with Crippen molar-refractivity contribution in [1.29, 1.82) is 0 Å². The van der Waals surface area contributed by atoms with E-state index in [9.17, 15) is 4.79 Å². The summed E-state index contributed by atoms with van der Waals surface area (Å²) in [6.07, 6.45) is 1.60. The number of hydrogen-bond donors (Lipinski definition) is 1. The minimum atomic E-state index is -0.0550. The zero-order valence-corrected chi connectivity index (χ0v) is 11.2. The van der Waals surface area contributed by atoms with Crippen LogP contribution in [-0.4, -0.2) is 22.3 Å². The number of carbonyl (C=O) groups excluding carboxylic acids is 1. The number of aryl methyl sites for hydroxylation is 1. The Morgan fingerprint density at radius 3 is 2.89 bits per heavy atom. The summed E-state index contributed by atoms with van der Waals surface area (Å²) < 4.78 is 5.26. The molecular weight excluding hydrogens is 250 g/mol. The molecular formula is C12H15N3O2S. The normalized spacial score (nSPS) is 10.6. The first kappa shape index (κ1) is 12.6. The van der Waals surface area contributed by atoms with Gasteiger partial charge in [-0.05, 0) is 26.0 Å². The monoisotopic (exact) mass is 265 g/mol. The third-order valence-electron chi connectivity index (χ3n) is 2.60. The van der Waals surface area contributed by atoms with Gasteiger partial charge in [-0.3, -0.25) is 4.79 Å². The van der Waals surface area contributed by atoms with Gasteiger partial charge in [0.15, 0.2) is 5.13 Å². The van der Waals surface area contributed by atoms with Crippen molar-refractivity contribution in [2.45, 2.75) is 20.4 Å². The molecule has 0 unspecified atom stereocenters. The molecule has 0 aliphatic rings. The Bertz CT molecular complexity index is 534. The predicted molar refractivity (Wildman–Crippen MR) is 70.4 cm³/mol. The minimum absolute atomic E-state index is 0.0550. The molecule has 0 fully saturated rings. The van der Waals surface area contributed by atoms with Crippen molar-refractivity contribution in [3.05, 3.63) is 34.7 Å². The Balaban J connectivity index is 2.17. The summed E-state index contributed by atoms with van der Waals surface area (Å²) in [5, 5.41) is 0.421. The number of aromatic nitrogens is 1. The lowest BCUT2D eigenvalue weighted by molar-refractivity contribution is 0.0745. The second-order valence-corrected chi connectivity index (χ2v) is 4.90. The van der Waals surface area contributed by atoms with Crippen LogP contribution in [0.2, 0.25) is 0 Å². The van der Waals surface area contributed by atoms with Gasteiger partial charge in [0.1, 0.15) is 10.6 Å². The molecule has 6 heteroatoms. The number of carbonyl (C=O) groups is 1. The number of nitrogens with two attached hydrogens (primary N) is 1. The average molecular weight is 265 g/mol. The van der Waals surface area contributed by atoms with Crippen molar-refractivity contribution in [3.8, 4) is 0 Å².